The van der Waals surface area contributed by atoms with E-state index in [1.165, 1.54) is 30.2 Å². The number of aliphatic hydroxyl groups is 1. The summed E-state index contributed by atoms with van der Waals surface area (Å²) in [6, 6.07) is 4.09. The SMILES string of the molecule is Cc1cn(C2(CO)CCCCC2)c2ncccc12. The molecule has 0 saturated heterocycles. The highest BCUT2D eigenvalue weighted by molar-refractivity contribution is 5.80. The summed E-state index contributed by atoms with van der Waals surface area (Å²) >= 11 is 0. The Balaban J connectivity index is 2.18. The number of aryl methyl sites for hydroxylation is 1. The fourth-order valence-corrected chi connectivity index (χ4v) is 3.27. The van der Waals surface area contributed by atoms with Crippen molar-refractivity contribution < 1.29 is 5.11 Å². The lowest BCUT2D eigenvalue weighted by Crippen LogP contribution is -2.39. The van der Waals surface area contributed by atoms with Gasteiger partial charge in [0.1, 0.15) is 5.65 Å². The summed E-state index contributed by atoms with van der Waals surface area (Å²) in [7, 11) is 0. The summed E-state index contributed by atoms with van der Waals surface area (Å²) in [4.78, 5) is 4.52. The molecule has 1 fully saturated rings. The Morgan fingerprint density at radius 1 is 1.33 bits per heavy atom. The van der Waals surface area contributed by atoms with Crippen LogP contribution in [0.4, 0.5) is 0 Å². The second kappa shape index (κ2) is 4.39. The van der Waals surface area contributed by atoms with Crippen LogP contribution in [0.5, 0.6) is 0 Å². The van der Waals surface area contributed by atoms with E-state index in [0.29, 0.717) is 0 Å². The first-order chi connectivity index (χ1) is 8.77. The number of fused-ring (bicyclic) bond motifs is 1. The zero-order valence-corrected chi connectivity index (χ0v) is 10.9. The smallest absolute Gasteiger partial charge is 0.140 e. The molecule has 2 aromatic rings. The third-order valence-corrected chi connectivity index (χ3v) is 4.35. The van der Waals surface area contributed by atoms with Crippen LogP contribution in [0.25, 0.3) is 11.0 Å². The van der Waals surface area contributed by atoms with Gasteiger partial charge in [-0.05, 0) is 37.5 Å². The van der Waals surface area contributed by atoms with Crippen LogP contribution in [-0.4, -0.2) is 21.3 Å². The van der Waals surface area contributed by atoms with E-state index in [4.69, 9.17) is 0 Å². The van der Waals surface area contributed by atoms with Crippen LogP contribution >= 0.6 is 0 Å². The summed E-state index contributed by atoms with van der Waals surface area (Å²) in [5.41, 5.74) is 2.14. The van der Waals surface area contributed by atoms with Gasteiger partial charge in [-0.3, -0.25) is 0 Å². The van der Waals surface area contributed by atoms with Crippen molar-refractivity contribution in [1.82, 2.24) is 9.55 Å². The topological polar surface area (TPSA) is 38.0 Å². The number of hydrogen-bond donors (Lipinski definition) is 1. The van der Waals surface area contributed by atoms with Crippen molar-refractivity contribution in [3.63, 3.8) is 0 Å². The minimum atomic E-state index is -0.126. The monoisotopic (exact) mass is 244 g/mol. The third-order valence-electron chi connectivity index (χ3n) is 4.35. The van der Waals surface area contributed by atoms with Gasteiger partial charge < -0.3 is 9.67 Å². The highest BCUT2D eigenvalue weighted by atomic mass is 16.3. The van der Waals surface area contributed by atoms with Crippen LogP contribution in [0.3, 0.4) is 0 Å². The molecule has 0 unspecified atom stereocenters. The van der Waals surface area contributed by atoms with Crippen LogP contribution in [0.2, 0.25) is 0 Å². The van der Waals surface area contributed by atoms with Gasteiger partial charge in [-0.25, -0.2) is 4.98 Å². The fraction of sp³-hybridized carbons (Fsp3) is 0.533. The summed E-state index contributed by atoms with van der Waals surface area (Å²) in [6.07, 6.45) is 9.81. The molecule has 0 atom stereocenters. The van der Waals surface area contributed by atoms with Gasteiger partial charge in [-0.2, -0.15) is 0 Å². The van der Waals surface area contributed by atoms with Gasteiger partial charge in [0.2, 0.25) is 0 Å². The van der Waals surface area contributed by atoms with E-state index in [-0.39, 0.29) is 12.1 Å². The molecule has 0 aliphatic heterocycles. The second-order valence-electron chi connectivity index (χ2n) is 5.50. The summed E-state index contributed by atoms with van der Waals surface area (Å²) in [5.74, 6) is 0. The van der Waals surface area contributed by atoms with Gasteiger partial charge in [-0.1, -0.05) is 19.3 Å². The number of hydrogen-bond acceptors (Lipinski definition) is 2. The molecular weight excluding hydrogens is 224 g/mol. The Labute approximate surface area is 107 Å². The lowest BCUT2D eigenvalue weighted by atomic mass is 9.82. The highest BCUT2D eigenvalue weighted by Crippen LogP contribution is 2.37. The van der Waals surface area contributed by atoms with E-state index in [9.17, 15) is 5.11 Å². The number of aliphatic hydroxyl groups excluding tert-OH is 1. The third kappa shape index (κ3) is 1.65. The highest BCUT2D eigenvalue weighted by Gasteiger charge is 2.34. The van der Waals surface area contributed by atoms with E-state index >= 15 is 0 Å². The Bertz CT molecular complexity index is 553. The summed E-state index contributed by atoms with van der Waals surface area (Å²) in [5, 5.41) is 11.1. The first kappa shape index (κ1) is 11.7. The van der Waals surface area contributed by atoms with Crippen molar-refractivity contribution in [2.45, 2.75) is 44.6 Å². The molecule has 0 aromatic carbocycles. The fourth-order valence-electron chi connectivity index (χ4n) is 3.27. The molecule has 1 saturated carbocycles. The van der Waals surface area contributed by atoms with Crippen molar-refractivity contribution in [1.29, 1.82) is 0 Å². The first-order valence-corrected chi connectivity index (χ1v) is 6.81. The molecular formula is C15H20N2O. The molecule has 18 heavy (non-hydrogen) atoms. The van der Waals surface area contributed by atoms with Crippen LogP contribution in [0.1, 0.15) is 37.7 Å². The van der Waals surface area contributed by atoms with Crippen molar-refractivity contribution in [3.8, 4) is 0 Å². The van der Waals surface area contributed by atoms with Crippen molar-refractivity contribution in [2.75, 3.05) is 6.61 Å². The number of rotatable bonds is 2. The standard InChI is InChI=1S/C15H20N2O/c1-12-10-17(14-13(12)6-5-9-16-14)15(11-18)7-3-2-4-8-15/h5-6,9-10,18H,2-4,7-8,11H2,1H3. The van der Waals surface area contributed by atoms with Crippen LogP contribution in [0.15, 0.2) is 24.5 Å². The van der Waals surface area contributed by atoms with E-state index in [1.54, 1.807) is 0 Å². The number of aromatic nitrogens is 2. The molecule has 3 rings (SSSR count). The van der Waals surface area contributed by atoms with Gasteiger partial charge in [0.05, 0.1) is 12.1 Å². The zero-order valence-electron chi connectivity index (χ0n) is 10.9. The average molecular weight is 244 g/mol. The van der Waals surface area contributed by atoms with Gasteiger partial charge >= 0.3 is 0 Å². The molecule has 1 N–H and O–H groups in total. The molecule has 2 heterocycles. The van der Waals surface area contributed by atoms with Crippen LogP contribution in [0, 0.1) is 6.92 Å². The number of pyridine rings is 1. The molecule has 0 amide bonds. The summed E-state index contributed by atoms with van der Waals surface area (Å²) < 4.78 is 2.23. The van der Waals surface area contributed by atoms with E-state index < -0.39 is 0 Å². The van der Waals surface area contributed by atoms with Crippen LogP contribution in [-0.2, 0) is 5.54 Å². The Kier molecular flexibility index (Phi) is 2.86. The van der Waals surface area contributed by atoms with Gasteiger partial charge in [0.25, 0.3) is 0 Å². The minimum Gasteiger partial charge on any atom is -0.394 e. The van der Waals surface area contributed by atoms with Gasteiger partial charge in [0, 0.05) is 17.8 Å². The van der Waals surface area contributed by atoms with Gasteiger partial charge in [0.15, 0.2) is 0 Å². The van der Waals surface area contributed by atoms with E-state index in [1.807, 2.05) is 12.3 Å². The zero-order chi connectivity index (χ0) is 12.6. The molecule has 96 valence electrons. The molecule has 3 nitrogen and oxygen atoms in total. The molecule has 1 aliphatic rings. The second-order valence-corrected chi connectivity index (χ2v) is 5.50. The molecule has 0 spiro atoms. The predicted molar refractivity (Wildman–Crippen MR) is 72.6 cm³/mol. The average Bonchev–Trinajstić information content (AvgIpc) is 2.78. The molecule has 3 heteroatoms. The first-order valence-electron chi connectivity index (χ1n) is 6.81. The maximum Gasteiger partial charge on any atom is 0.140 e. The van der Waals surface area contributed by atoms with E-state index in [2.05, 4.69) is 28.7 Å². The van der Waals surface area contributed by atoms with Crippen molar-refractivity contribution in [2.24, 2.45) is 0 Å². The van der Waals surface area contributed by atoms with Crippen molar-refractivity contribution >= 4 is 11.0 Å². The maximum atomic E-state index is 9.92. The quantitative estimate of drug-likeness (QED) is 0.882. The Hall–Kier alpha value is -1.35. The Morgan fingerprint density at radius 2 is 2.11 bits per heavy atom. The van der Waals surface area contributed by atoms with Crippen molar-refractivity contribution in [3.05, 3.63) is 30.1 Å². The molecule has 2 aromatic heterocycles. The molecule has 0 radical (unpaired) electrons. The Morgan fingerprint density at radius 3 is 2.83 bits per heavy atom. The normalized spacial score (nSPS) is 19.2. The minimum absolute atomic E-state index is 0.126. The maximum absolute atomic E-state index is 9.92. The number of nitrogens with zero attached hydrogens (tertiary/aromatic N) is 2. The van der Waals surface area contributed by atoms with Crippen LogP contribution < -0.4 is 0 Å². The molecule has 0 bridgehead atoms. The molecule has 1 aliphatic carbocycles. The summed E-state index contributed by atoms with van der Waals surface area (Å²) in [6.45, 7) is 2.33. The van der Waals surface area contributed by atoms with E-state index in [0.717, 1.165) is 18.5 Å². The lowest BCUT2D eigenvalue weighted by Gasteiger charge is -2.37. The van der Waals surface area contributed by atoms with Gasteiger partial charge in [-0.15, -0.1) is 0 Å². The lowest BCUT2D eigenvalue weighted by molar-refractivity contribution is 0.0941. The largest absolute Gasteiger partial charge is 0.394 e. The predicted octanol–water partition coefficient (Wildman–Crippen LogP) is 3.00.